The topological polar surface area (TPSA) is 55.4 Å². The summed E-state index contributed by atoms with van der Waals surface area (Å²) in [7, 11) is 0. The first kappa shape index (κ1) is 17.2. The highest BCUT2D eigenvalue weighted by atomic mass is 79.9. The summed E-state index contributed by atoms with van der Waals surface area (Å²) in [5.41, 5.74) is 1.38. The van der Waals surface area contributed by atoms with Crippen LogP contribution in [0.3, 0.4) is 0 Å². The number of hydrogen-bond acceptors (Lipinski definition) is 3. The second-order valence-corrected chi connectivity index (χ2v) is 6.35. The van der Waals surface area contributed by atoms with E-state index in [0.29, 0.717) is 5.56 Å². The van der Waals surface area contributed by atoms with E-state index in [4.69, 9.17) is 4.74 Å². The summed E-state index contributed by atoms with van der Waals surface area (Å²) in [5, 5.41) is 4.63. The van der Waals surface area contributed by atoms with Crippen molar-refractivity contribution >= 4 is 38.6 Å². The number of esters is 1. The Kier molecular flexibility index (Phi) is 5.46. The predicted molar refractivity (Wildman–Crippen MR) is 100 cm³/mol. The van der Waals surface area contributed by atoms with Crippen LogP contribution in [0.2, 0.25) is 0 Å². The van der Waals surface area contributed by atoms with Crippen molar-refractivity contribution in [2.45, 2.75) is 6.61 Å². The first-order valence-electron chi connectivity index (χ1n) is 7.79. The van der Waals surface area contributed by atoms with Crippen LogP contribution in [0.5, 0.6) is 0 Å². The highest BCUT2D eigenvalue weighted by Gasteiger charge is 2.10. The van der Waals surface area contributed by atoms with E-state index in [-0.39, 0.29) is 19.1 Å². The van der Waals surface area contributed by atoms with Gasteiger partial charge in [0.05, 0.1) is 0 Å². The van der Waals surface area contributed by atoms with Gasteiger partial charge in [0.2, 0.25) is 0 Å². The van der Waals surface area contributed by atoms with E-state index in [9.17, 15) is 9.59 Å². The molecule has 0 fully saturated rings. The third-order valence-corrected chi connectivity index (χ3v) is 4.53. The molecule has 4 nitrogen and oxygen atoms in total. The molecule has 0 aliphatic heterocycles. The maximum atomic E-state index is 12.2. The lowest BCUT2D eigenvalue weighted by molar-refractivity contribution is -0.143. The number of halogens is 1. The lowest BCUT2D eigenvalue weighted by Gasteiger charge is -2.08. The molecule has 0 bridgehead atoms. The van der Waals surface area contributed by atoms with E-state index in [1.165, 1.54) is 0 Å². The molecule has 0 atom stereocenters. The van der Waals surface area contributed by atoms with Crippen LogP contribution in [0.4, 0.5) is 0 Å². The van der Waals surface area contributed by atoms with Crippen molar-refractivity contribution < 1.29 is 14.3 Å². The van der Waals surface area contributed by atoms with E-state index >= 15 is 0 Å². The SMILES string of the molecule is O=C(CNC(=O)c1ccc2ccccc2c1)OCc1ccccc1Br. The van der Waals surface area contributed by atoms with Crippen molar-refractivity contribution in [2.24, 2.45) is 0 Å². The molecule has 0 saturated heterocycles. The fourth-order valence-electron chi connectivity index (χ4n) is 2.41. The molecule has 0 saturated carbocycles. The summed E-state index contributed by atoms with van der Waals surface area (Å²) in [4.78, 5) is 24.0. The molecule has 0 unspecified atom stereocenters. The van der Waals surface area contributed by atoms with E-state index in [2.05, 4.69) is 21.2 Å². The van der Waals surface area contributed by atoms with E-state index < -0.39 is 5.97 Å². The van der Waals surface area contributed by atoms with Crippen LogP contribution in [-0.2, 0) is 16.1 Å². The fourth-order valence-corrected chi connectivity index (χ4v) is 2.81. The highest BCUT2D eigenvalue weighted by Crippen LogP contribution is 2.17. The molecular weight excluding hydrogens is 382 g/mol. The second-order valence-electron chi connectivity index (χ2n) is 5.50. The summed E-state index contributed by atoms with van der Waals surface area (Å²) < 4.78 is 6.06. The molecule has 3 aromatic rings. The molecular formula is C20H16BrNO3. The van der Waals surface area contributed by atoms with Crippen LogP contribution in [0.25, 0.3) is 10.8 Å². The molecule has 0 spiro atoms. The van der Waals surface area contributed by atoms with Crippen LogP contribution in [0.1, 0.15) is 15.9 Å². The third-order valence-electron chi connectivity index (χ3n) is 3.75. The van der Waals surface area contributed by atoms with Gasteiger partial charge in [-0.25, -0.2) is 0 Å². The first-order chi connectivity index (χ1) is 12.1. The fraction of sp³-hybridized carbons (Fsp3) is 0.100. The number of ether oxygens (including phenoxy) is 1. The summed E-state index contributed by atoms with van der Waals surface area (Å²) >= 11 is 3.40. The smallest absolute Gasteiger partial charge is 0.325 e. The minimum atomic E-state index is -0.482. The van der Waals surface area contributed by atoms with Gasteiger partial charge in [0, 0.05) is 15.6 Å². The van der Waals surface area contributed by atoms with Gasteiger partial charge in [0.25, 0.3) is 5.91 Å². The third kappa shape index (κ3) is 4.45. The van der Waals surface area contributed by atoms with Crippen LogP contribution >= 0.6 is 15.9 Å². The van der Waals surface area contributed by atoms with Gasteiger partial charge in [-0.3, -0.25) is 9.59 Å². The molecule has 0 heterocycles. The van der Waals surface area contributed by atoms with Gasteiger partial charge in [-0.05, 0) is 29.0 Å². The summed E-state index contributed by atoms with van der Waals surface area (Å²) in [6, 6.07) is 20.7. The number of benzene rings is 3. The van der Waals surface area contributed by atoms with Crippen molar-refractivity contribution in [3.8, 4) is 0 Å². The molecule has 5 heteroatoms. The molecule has 0 radical (unpaired) electrons. The molecule has 3 rings (SSSR count). The molecule has 3 aromatic carbocycles. The van der Waals surface area contributed by atoms with Gasteiger partial charge in [-0.1, -0.05) is 64.5 Å². The molecule has 0 aliphatic carbocycles. The van der Waals surface area contributed by atoms with Gasteiger partial charge in [0.1, 0.15) is 13.2 Å². The number of rotatable bonds is 5. The Balaban J connectivity index is 1.54. The number of nitrogens with one attached hydrogen (secondary N) is 1. The Labute approximate surface area is 153 Å². The van der Waals surface area contributed by atoms with E-state index in [1.54, 1.807) is 12.1 Å². The number of fused-ring (bicyclic) bond motifs is 1. The zero-order chi connectivity index (χ0) is 17.6. The Morgan fingerprint density at radius 2 is 1.64 bits per heavy atom. The van der Waals surface area contributed by atoms with E-state index in [1.807, 2.05) is 54.6 Å². The first-order valence-corrected chi connectivity index (χ1v) is 8.59. The molecule has 1 N–H and O–H groups in total. The number of amides is 1. The quantitative estimate of drug-likeness (QED) is 0.660. The summed E-state index contributed by atoms with van der Waals surface area (Å²) in [5.74, 6) is -0.784. The lowest BCUT2D eigenvalue weighted by atomic mass is 10.1. The monoisotopic (exact) mass is 397 g/mol. The minimum Gasteiger partial charge on any atom is -0.459 e. The standard InChI is InChI=1S/C20H16BrNO3/c21-18-8-4-3-7-17(18)13-25-19(23)12-22-20(24)16-10-9-14-5-1-2-6-15(14)11-16/h1-11H,12-13H2,(H,22,24). The van der Waals surface area contributed by atoms with E-state index in [0.717, 1.165) is 20.8 Å². The Hall–Kier alpha value is -2.66. The second kappa shape index (κ2) is 7.94. The van der Waals surface area contributed by atoms with Crippen molar-refractivity contribution in [1.82, 2.24) is 5.32 Å². The Morgan fingerprint density at radius 3 is 2.44 bits per heavy atom. The van der Waals surface area contributed by atoms with Crippen LogP contribution in [0, 0.1) is 0 Å². The van der Waals surface area contributed by atoms with Crippen molar-refractivity contribution in [3.63, 3.8) is 0 Å². The van der Waals surface area contributed by atoms with Gasteiger partial charge in [0.15, 0.2) is 0 Å². The van der Waals surface area contributed by atoms with Crippen molar-refractivity contribution in [3.05, 3.63) is 82.3 Å². The average molecular weight is 398 g/mol. The van der Waals surface area contributed by atoms with Gasteiger partial charge >= 0.3 is 5.97 Å². The Bertz CT molecular complexity index is 923. The Morgan fingerprint density at radius 1 is 0.920 bits per heavy atom. The van der Waals surface area contributed by atoms with Gasteiger partial charge in [-0.15, -0.1) is 0 Å². The zero-order valence-corrected chi connectivity index (χ0v) is 15.0. The van der Waals surface area contributed by atoms with Crippen LogP contribution < -0.4 is 5.32 Å². The normalized spacial score (nSPS) is 10.4. The number of carbonyl (C=O) groups is 2. The maximum absolute atomic E-state index is 12.2. The average Bonchev–Trinajstić information content (AvgIpc) is 2.65. The molecule has 1 amide bonds. The lowest BCUT2D eigenvalue weighted by Crippen LogP contribution is -2.30. The van der Waals surface area contributed by atoms with Gasteiger partial charge in [-0.2, -0.15) is 0 Å². The number of carbonyl (C=O) groups excluding carboxylic acids is 2. The van der Waals surface area contributed by atoms with Crippen molar-refractivity contribution in [2.75, 3.05) is 6.54 Å². The molecule has 0 aliphatic rings. The predicted octanol–water partition coefficient (Wildman–Crippen LogP) is 4.08. The minimum absolute atomic E-state index is 0.159. The summed E-state index contributed by atoms with van der Waals surface area (Å²) in [6.07, 6.45) is 0. The largest absolute Gasteiger partial charge is 0.459 e. The zero-order valence-electron chi connectivity index (χ0n) is 13.4. The number of hydrogen-bond donors (Lipinski definition) is 1. The summed E-state index contributed by atoms with van der Waals surface area (Å²) in [6.45, 7) is -0.0117. The molecule has 126 valence electrons. The van der Waals surface area contributed by atoms with Gasteiger partial charge < -0.3 is 10.1 Å². The molecule has 25 heavy (non-hydrogen) atoms. The highest BCUT2D eigenvalue weighted by molar-refractivity contribution is 9.10. The van der Waals surface area contributed by atoms with Crippen molar-refractivity contribution in [1.29, 1.82) is 0 Å². The molecule has 0 aromatic heterocycles. The van der Waals surface area contributed by atoms with Crippen LogP contribution in [0.15, 0.2) is 71.2 Å². The van der Waals surface area contributed by atoms with Crippen LogP contribution in [-0.4, -0.2) is 18.4 Å². The maximum Gasteiger partial charge on any atom is 0.325 e.